The lowest BCUT2D eigenvalue weighted by Crippen LogP contribution is -2.07. The summed E-state index contributed by atoms with van der Waals surface area (Å²) in [5, 5.41) is 17.1. The molecule has 3 aromatic carbocycles. The molecule has 0 unspecified atom stereocenters. The first kappa shape index (κ1) is 21.6. The van der Waals surface area contributed by atoms with Gasteiger partial charge in [-0.1, -0.05) is 58.2 Å². The van der Waals surface area contributed by atoms with Crippen LogP contribution in [0.1, 0.15) is 29.0 Å². The lowest BCUT2D eigenvalue weighted by Gasteiger charge is -2.09. The normalized spacial score (nSPS) is 18.0. The number of halogens is 3. The van der Waals surface area contributed by atoms with Crippen molar-refractivity contribution in [1.82, 2.24) is 0 Å². The van der Waals surface area contributed by atoms with Crippen LogP contribution in [0.5, 0.6) is 0 Å². The zero-order valence-electron chi connectivity index (χ0n) is 16.2. The molecular weight excluding hydrogens is 459 g/mol. The van der Waals surface area contributed by atoms with Crippen molar-refractivity contribution in [2.24, 2.45) is 11.1 Å². The maximum atomic E-state index is 11.0. The van der Waals surface area contributed by atoms with Gasteiger partial charge in [0.2, 0.25) is 0 Å². The van der Waals surface area contributed by atoms with E-state index in [0.29, 0.717) is 15.1 Å². The van der Waals surface area contributed by atoms with Gasteiger partial charge in [0.05, 0.1) is 10.6 Å². The summed E-state index contributed by atoms with van der Waals surface area (Å²) in [7, 11) is 0. The Kier molecular flexibility index (Phi) is 6.46. The van der Waals surface area contributed by atoms with Crippen LogP contribution in [0.3, 0.4) is 0 Å². The minimum Gasteiger partial charge on any atom is -0.391 e. The van der Waals surface area contributed by atoms with Gasteiger partial charge in [0.25, 0.3) is 5.69 Å². The quantitative estimate of drug-likeness (QED) is 0.205. The van der Waals surface area contributed by atoms with Crippen LogP contribution in [0.25, 0.3) is 0 Å². The SMILES string of the molecule is O=[N+]([O-])c1ccc(/C(=N/OCc2ccc(Cl)cc2Cl)[C@@H]2C[C@H]2c2ccc(Cl)cc2)cc1. The Morgan fingerprint density at radius 1 is 1.00 bits per heavy atom. The Morgan fingerprint density at radius 2 is 1.68 bits per heavy atom. The van der Waals surface area contributed by atoms with Gasteiger partial charge in [0, 0.05) is 44.2 Å². The van der Waals surface area contributed by atoms with Crippen LogP contribution < -0.4 is 0 Å². The predicted octanol–water partition coefficient (Wildman–Crippen LogP) is 7.28. The van der Waals surface area contributed by atoms with E-state index in [4.69, 9.17) is 39.6 Å². The first-order chi connectivity index (χ1) is 14.9. The highest BCUT2D eigenvalue weighted by Crippen LogP contribution is 2.49. The maximum absolute atomic E-state index is 11.0. The van der Waals surface area contributed by atoms with Crippen molar-refractivity contribution in [3.63, 3.8) is 0 Å². The summed E-state index contributed by atoms with van der Waals surface area (Å²) in [5.74, 6) is 0.428. The number of nitrogens with zero attached hydrogens (tertiary/aromatic N) is 2. The average molecular weight is 476 g/mol. The molecule has 31 heavy (non-hydrogen) atoms. The van der Waals surface area contributed by atoms with Crippen molar-refractivity contribution >= 4 is 46.2 Å². The summed E-state index contributed by atoms with van der Waals surface area (Å²) < 4.78 is 0. The van der Waals surface area contributed by atoms with Crippen molar-refractivity contribution < 1.29 is 9.76 Å². The van der Waals surface area contributed by atoms with Gasteiger partial charge in [-0.25, -0.2) is 0 Å². The van der Waals surface area contributed by atoms with Crippen LogP contribution >= 0.6 is 34.8 Å². The Balaban J connectivity index is 1.57. The molecule has 8 heteroatoms. The molecule has 158 valence electrons. The third-order valence-electron chi connectivity index (χ3n) is 5.21. The van der Waals surface area contributed by atoms with E-state index in [1.165, 1.54) is 17.7 Å². The number of rotatable bonds is 7. The minimum absolute atomic E-state index is 0.0296. The van der Waals surface area contributed by atoms with Crippen molar-refractivity contribution in [2.45, 2.75) is 18.9 Å². The summed E-state index contributed by atoms with van der Waals surface area (Å²) in [6, 6.07) is 19.3. The van der Waals surface area contributed by atoms with Gasteiger partial charge in [0.15, 0.2) is 0 Å². The van der Waals surface area contributed by atoms with E-state index in [1.807, 2.05) is 24.3 Å². The molecular formula is C23H17Cl3N2O3. The first-order valence-electron chi connectivity index (χ1n) is 9.56. The van der Waals surface area contributed by atoms with Crippen molar-refractivity contribution in [3.8, 4) is 0 Å². The third kappa shape index (κ3) is 5.18. The maximum Gasteiger partial charge on any atom is 0.269 e. The molecule has 4 rings (SSSR count). The van der Waals surface area contributed by atoms with Gasteiger partial charge < -0.3 is 4.84 Å². The molecule has 0 bridgehead atoms. The summed E-state index contributed by atoms with van der Waals surface area (Å²) in [5.41, 5.74) is 3.50. The Morgan fingerprint density at radius 3 is 2.32 bits per heavy atom. The minimum atomic E-state index is -0.423. The van der Waals surface area contributed by atoms with E-state index in [1.54, 1.807) is 30.3 Å². The van der Waals surface area contributed by atoms with E-state index >= 15 is 0 Å². The summed E-state index contributed by atoms with van der Waals surface area (Å²) >= 11 is 18.2. The monoisotopic (exact) mass is 474 g/mol. The molecule has 0 spiro atoms. The molecule has 0 N–H and O–H groups in total. The summed E-state index contributed by atoms with van der Waals surface area (Å²) in [6.07, 6.45) is 0.905. The standard InChI is InChI=1S/C23H17Cl3N2O3/c24-17-6-1-14(2-7-17)20-12-21(20)23(15-4-9-19(10-5-15)28(29)30)27-31-13-16-3-8-18(25)11-22(16)26/h1-11,20-21H,12-13H2/b27-23-/t20-,21+/m0/s1. The number of benzene rings is 3. The number of nitro benzene ring substituents is 1. The zero-order chi connectivity index (χ0) is 22.0. The Hall–Kier alpha value is -2.60. The fourth-order valence-electron chi connectivity index (χ4n) is 3.47. The molecule has 1 saturated carbocycles. The topological polar surface area (TPSA) is 64.7 Å². The van der Waals surface area contributed by atoms with Crippen LogP contribution in [0.2, 0.25) is 15.1 Å². The molecule has 2 atom stereocenters. The molecule has 0 radical (unpaired) electrons. The van der Waals surface area contributed by atoms with E-state index < -0.39 is 4.92 Å². The van der Waals surface area contributed by atoms with Gasteiger partial charge in [-0.2, -0.15) is 0 Å². The lowest BCUT2D eigenvalue weighted by molar-refractivity contribution is -0.384. The first-order valence-corrected chi connectivity index (χ1v) is 10.7. The van der Waals surface area contributed by atoms with Gasteiger partial charge in [0.1, 0.15) is 6.61 Å². The molecule has 0 amide bonds. The molecule has 1 aliphatic rings. The number of non-ortho nitro benzene ring substituents is 1. The third-order valence-corrected chi connectivity index (χ3v) is 6.05. The average Bonchev–Trinajstić information content (AvgIpc) is 3.53. The second-order valence-electron chi connectivity index (χ2n) is 7.29. The number of hydrogen-bond donors (Lipinski definition) is 0. The van der Waals surface area contributed by atoms with Crippen LogP contribution in [0, 0.1) is 16.0 Å². The number of oxime groups is 1. The number of nitro groups is 1. The Labute approximate surface area is 194 Å². The smallest absolute Gasteiger partial charge is 0.269 e. The molecule has 1 fully saturated rings. The highest BCUT2D eigenvalue weighted by Gasteiger charge is 2.43. The van der Waals surface area contributed by atoms with Gasteiger partial charge in [-0.3, -0.25) is 10.1 Å². The lowest BCUT2D eigenvalue weighted by atomic mass is 10.0. The molecule has 0 saturated heterocycles. The van der Waals surface area contributed by atoms with Crippen LogP contribution in [0.15, 0.2) is 71.9 Å². The molecule has 1 aliphatic carbocycles. The largest absolute Gasteiger partial charge is 0.391 e. The molecule has 0 aromatic heterocycles. The van der Waals surface area contributed by atoms with Crippen LogP contribution in [0.4, 0.5) is 5.69 Å². The van der Waals surface area contributed by atoms with Crippen molar-refractivity contribution in [3.05, 3.63) is 109 Å². The van der Waals surface area contributed by atoms with Gasteiger partial charge in [-0.05, 0) is 54.3 Å². The highest BCUT2D eigenvalue weighted by molar-refractivity contribution is 6.35. The second-order valence-corrected chi connectivity index (χ2v) is 8.57. The molecule has 3 aromatic rings. The van der Waals surface area contributed by atoms with Crippen molar-refractivity contribution in [2.75, 3.05) is 0 Å². The van der Waals surface area contributed by atoms with Crippen molar-refractivity contribution in [1.29, 1.82) is 0 Å². The van der Waals surface area contributed by atoms with E-state index in [2.05, 4.69) is 5.16 Å². The second kappa shape index (κ2) is 9.27. The zero-order valence-corrected chi connectivity index (χ0v) is 18.4. The van der Waals surface area contributed by atoms with Crippen LogP contribution in [-0.2, 0) is 11.4 Å². The molecule has 5 nitrogen and oxygen atoms in total. The molecule has 0 heterocycles. The van der Waals surface area contributed by atoms with E-state index in [-0.39, 0.29) is 24.1 Å². The highest BCUT2D eigenvalue weighted by atomic mass is 35.5. The fraction of sp³-hybridized carbons (Fsp3) is 0.174. The summed E-state index contributed by atoms with van der Waals surface area (Å²) in [6.45, 7) is 0.185. The number of hydrogen-bond acceptors (Lipinski definition) is 4. The Bertz CT molecular complexity index is 1130. The summed E-state index contributed by atoms with van der Waals surface area (Å²) in [4.78, 5) is 16.2. The van der Waals surface area contributed by atoms with E-state index in [0.717, 1.165) is 23.3 Å². The van der Waals surface area contributed by atoms with Gasteiger partial charge in [-0.15, -0.1) is 0 Å². The van der Waals surface area contributed by atoms with Gasteiger partial charge >= 0.3 is 0 Å². The van der Waals surface area contributed by atoms with E-state index in [9.17, 15) is 10.1 Å². The van der Waals surface area contributed by atoms with Crippen LogP contribution in [-0.4, -0.2) is 10.6 Å². The molecule has 0 aliphatic heterocycles. The fourth-order valence-corrected chi connectivity index (χ4v) is 4.06. The predicted molar refractivity (Wildman–Crippen MR) is 123 cm³/mol.